The minimum Gasteiger partial charge on any atom is -0.310 e. The lowest BCUT2D eigenvalue weighted by molar-refractivity contribution is 0.554. The van der Waals surface area contributed by atoms with E-state index in [4.69, 9.17) is 0 Å². The van der Waals surface area contributed by atoms with Crippen LogP contribution in [0.3, 0.4) is 0 Å². The molecule has 0 saturated heterocycles. The second-order valence-corrected chi connectivity index (χ2v) is 9.32. The number of halogens is 1. The minimum atomic E-state index is -3.45. The predicted molar refractivity (Wildman–Crippen MR) is 86.5 cm³/mol. The van der Waals surface area contributed by atoms with Crippen molar-refractivity contribution in [1.29, 1.82) is 0 Å². The molecule has 1 atom stereocenters. The summed E-state index contributed by atoms with van der Waals surface area (Å²) in [5, 5.41) is 3.43. The molecule has 0 bridgehead atoms. The summed E-state index contributed by atoms with van der Waals surface area (Å²) in [7, 11) is -3.45. The van der Waals surface area contributed by atoms with Crippen molar-refractivity contribution in [2.24, 2.45) is 5.41 Å². The summed E-state index contributed by atoms with van der Waals surface area (Å²) >= 11 is 3.40. The quantitative estimate of drug-likeness (QED) is 0.806. The van der Waals surface area contributed by atoms with E-state index in [-0.39, 0.29) is 11.5 Å². The molecule has 1 aromatic rings. The van der Waals surface area contributed by atoms with Crippen molar-refractivity contribution >= 4 is 26.0 Å². The van der Waals surface area contributed by atoms with Crippen LogP contribution in [-0.2, 0) is 16.6 Å². The van der Waals surface area contributed by atoms with Gasteiger partial charge in [0.15, 0.2) is 0 Å². The fourth-order valence-electron chi connectivity index (χ4n) is 2.34. The molecule has 0 aromatic heterocycles. The summed E-state index contributed by atoms with van der Waals surface area (Å²) < 4.78 is 28.3. The summed E-state index contributed by atoms with van der Waals surface area (Å²) in [5.41, 5.74) is 1.17. The Labute approximate surface area is 134 Å². The lowest BCUT2D eigenvalue weighted by atomic mass is 10.2. The third kappa shape index (κ3) is 3.67. The Bertz CT molecular complexity index is 654. The normalized spacial score (nSPS) is 24.0. The van der Waals surface area contributed by atoms with Gasteiger partial charge in [0.25, 0.3) is 0 Å². The fraction of sp³-hybridized carbons (Fsp3) is 0.600. The van der Waals surface area contributed by atoms with Gasteiger partial charge < -0.3 is 5.32 Å². The van der Waals surface area contributed by atoms with Crippen molar-refractivity contribution in [3.63, 3.8) is 0 Å². The van der Waals surface area contributed by atoms with E-state index in [1.54, 1.807) is 6.07 Å². The molecular weight excluding hydrogens is 352 g/mol. The van der Waals surface area contributed by atoms with Crippen molar-refractivity contribution in [2.45, 2.75) is 56.6 Å². The van der Waals surface area contributed by atoms with Crippen LogP contribution < -0.4 is 10.0 Å². The molecule has 116 valence electrons. The van der Waals surface area contributed by atoms with E-state index in [1.165, 1.54) is 12.8 Å². The highest BCUT2D eigenvalue weighted by Gasteiger charge is 2.48. The first-order chi connectivity index (χ1) is 9.78. The van der Waals surface area contributed by atoms with Crippen LogP contribution in [0.4, 0.5) is 0 Å². The first-order valence-electron chi connectivity index (χ1n) is 7.32. The van der Waals surface area contributed by atoms with Crippen molar-refractivity contribution in [1.82, 2.24) is 10.0 Å². The Kier molecular flexibility index (Phi) is 3.93. The molecule has 0 heterocycles. The van der Waals surface area contributed by atoms with Crippen LogP contribution in [0.5, 0.6) is 0 Å². The molecule has 0 spiro atoms. The maximum absolute atomic E-state index is 12.4. The standard InChI is InChI=1S/C15H21BrN2O2S/c1-15(2)8-14(15)18-21(19,20)13-6-3-10(7-12(13)16)9-17-11-4-5-11/h3,6-7,11,14,17-18H,4-5,8-9H2,1-2H3. The van der Waals surface area contributed by atoms with Crippen molar-refractivity contribution in [3.05, 3.63) is 28.2 Å². The van der Waals surface area contributed by atoms with E-state index in [2.05, 4.69) is 39.8 Å². The van der Waals surface area contributed by atoms with Crippen LogP contribution in [0, 0.1) is 5.41 Å². The van der Waals surface area contributed by atoms with E-state index in [1.807, 2.05) is 12.1 Å². The number of sulfonamides is 1. The van der Waals surface area contributed by atoms with Crippen LogP contribution >= 0.6 is 15.9 Å². The first kappa shape index (κ1) is 15.5. The Morgan fingerprint density at radius 2 is 2.00 bits per heavy atom. The maximum atomic E-state index is 12.4. The van der Waals surface area contributed by atoms with Crippen LogP contribution in [-0.4, -0.2) is 20.5 Å². The summed E-state index contributed by atoms with van der Waals surface area (Å²) in [5.74, 6) is 0. The zero-order valence-electron chi connectivity index (χ0n) is 12.3. The monoisotopic (exact) mass is 372 g/mol. The summed E-state index contributed by atoms with van der Waals surface area (Å²) in [6.45, 7) is 4.93. The van der Waals surface area contributed by atoms with Crippen LogP contribution in [0.25, 0.3) is 0 Å². The molecule has 2 fully saturated rings. The second kappa shape index (κ2) is 5.33. The van der Waals surface area contributed by atoms with E-state index in [0.29, 0.717) is 15.4 Å². The number of benzene rings is 1. The van der Waals surface area contributed by atoms with Gasteiger partial charge in [0.2, 0.25) is 10.0 Å². The van der Waals surface area contributed by atoms with Crippen LogP contribution in [0.1, 0.15) is 38.7 Å². The first-order valence-corrected chi connectivity index (χ1v) is 9.60. The van der Waals surface area contributed by atoms with Gasteiger partial charge in [-0.05, 0) is 58.3 Å². The minimum absolute atomic E-state index is 0.0469. The summed E-state index contributed by atoms with van der Waals surface area (Å²) in [6.07, 6.45) is 3.39. The molecule has 2 aliphatic carbocycles. The highest BCUT2D eigenvalue weighted by atomic mass is 79.9. The third-order valence-corrected chi connectivity index (χ3v) is 6.72. The van der Waals surface area contributed by atoms with Gasteiger partial charge in [-0.15, -0.1) is 0 Å². The second-order valence-electron chi connectivity index (χ2n) is 6.79. The van der Waals surface area contributed by atoms with Crippen molar-refractivity contribution < 1.29 is 8.42 Å². The molecule has 2 saturated carbocycles. The molecule has 4 nitrogen and oxygen atoms in total. The van der Waals surface area contributed by atoms with E-state index < -0.39 is 10.0 Å². The average Bonchev–Trinajstić information content (AvgIpc) is 3.26. The zero-order valence-corrected chi connectivity index (χ0v) is 14.7. The molecule has 1 aromatic carbocycles. The number of hydrogen-bond donors (Lipinski definition) is 2. The molecule has 0 aliphatic heterocycles. The predicted octanol–water partition coefficient (Wildman–Crippen LogP) is 2.78. The molecule has 6 heteroatoms. The largest absolute Gasteiger partial charge is 0.310 e. The van der Waals surface area contributed by atoms with Gasteiger partial charge in [-0.2, -0.15) is 0 Å². The smallest absolute Gasteiger partial charge is 0.241 e. The number of nitrogens with one attached hydrogen (secondary N) is 2. The molecule has 2 N–H and O–H groups in total. The third-order valence-electron chi connectivity index (χ3n) is 4.27. The number of rotatable bonds is 6. The molecule has 3 rings (SSSR count). The molecule has 1 unspecified atom stereocenters. The molecule has 0 amide bonds. The van der Waals surface area contributed by atoms with Gasteiger partial charge in [0.1, 0.15) is 0 Å². The lowest BCUT2D eigenvalue weighted by Gasteiger charge is -2.11. The molecule has 0 radical (unpaired) electrons. The Balaban J connectivity index is 1.71. The van der Waals surface area contributed by atoms with Crippen molar-refractivity contribution in [3.8, 4) is 0 Å². The maximum Gasteiger partial charge on any atom is 0.241 e. The summed E-state index contributed by atoms with van der Waals surface area (Å²) in [4.78, 5) is 0.320. The van der Waals surface area contributed by atoms with E-state index in [0.717, 1.165) is 18.5 Å². The average molecular weight is 373 g/mol. The van der Waals surface area contributed by atoms with Gasteiger partial charge in [-0.3, -0.25) is 0 Å². The summed E-state index contributed by atoms with van der Waals surface area (Å²) in [6, 6.07) is 6.15. The molecule has 21 heavy (non-hydrogen) atoms. The van der Waals surface area contributed by atoms with Crippen LogP contribution in [0.15, 0.2) is 27.6 Å². The van der Waals surface area contributed by atoms with Gasteiger partial charge in [-0.25, -0.2) is 13.1 Å². The fourth-order valence-corrected chi connectivity index (χ4v) is 4.87. The van der Waals surface area contributed by atoms with E-state index >= 15 is 0 Å². The Morgan fingerprint density at radius 1 is 1.33 bits per heavy atom. The Hall–Kier alpha value is -0.430. The Morgan fingerprint density at radius 3 is 2.52 bits per heavy atom. The van der Waals surface area contributed by atoms with Crippen molar-refractivity contribution in [2.75, 3.05) is 0 Å². The molecule has 2 aliphatic rings. The van der Waals surface area contributed by atoms with E-state index in [9.17, 15) is 8.42 Å². The SMILES string of the molecule is CC1(C)CC1NS(=O)(=O)c1ccc(CNC2CC2)cc1Br. The highest BCUT2D eigenvalue weighted by molar-refractivity contribution is 9.10. The van der Waals surface area contributed by atoms with Gasteiger partial charge in [0, 0.05) is 23.1 Å². The van der Waals surface area contributed by atoms with Crippen LogP contribution in [0.2, 0.25) is 0 Å². The van der Waals surface area contributed by atoms with Gasteiger partial charge in [0.05, 0.1) is 4.90 Å². The topological polar surface area (TPSA) is 58.2 Å². The highest BCUT2D eigenvalue weighted by Crippen LogP contribution is 2.45. The zero-order chi connectivity index (χ0) is 15.3. The van der Waals surface area contributed by atoms with Gasteiger partial charge in [-0.1, -0.05) is 19.9 Å². The van der Waals surface area contributed by atoms with Gasteiger partial charge >= 0.3 is 0 Å². The lowest BCUT2D eigenvalue weighted by Crippen LogP contribution is -2.28. The number of hydrogen-bond acceptors (Lipinski definition) is 3. The molecular formula is C15H21BrN2O2S.